The third-order valence-corrected chi connectivity index (χ3v) is 5.00. The maximum absolute atomic E-state index is 11.8. The van der Waals surface area contributed by atoms with E-state index in [-0.39, 0.29) is 12.3 Å². The van der Waals surface area contributed by atoms with E-state index in [1.54, 1.807) is 6.20 Å². The van der Waals surface area contributed by atoms with Gasteiger partial charge in [0.25, 0.3) is 0 Å². The van der Waals surface area contributed by atoms with Gasteiger partial charge in [-0.25, -0.2) is 14.8 Å². The van der Waals surface area contributed by atoms with Crippen molar-refractivity contribution in [1.29, 1.82) is 0 Å². The van der Waals surface area contributed by atoms with Crippen LogP contribution in [0.15, 0.2) is 71.7 Å². The van der Waals surface area contributed by atoms with Crippen LogP contribution in [0.2, 0.25) is 0 Å². The Labute approximate surface area is 165 Å². The van der Waals surface area contributed by atoms with Gasteiger partial charge in [0.2, 0.25) is 0 Å². The number of imidazole rings is 1. The summed E-state index contributed by atoms with van der Waals surface area (Å²) in [5.41, 5.74) is 4.16. The zero-order chi connectivity index (χ0) is 19.8. The molecule has 29 heavy (non-hydrogen) atoms. The number of nitrogens with zero attached hydrogens (tertiary/aromatic N) is 3. The molecule has 7 nitrogen and oxygen atoms in total. The molecule has 0 saturated heterocycles. The number of fused-ring (bicyclic) bond motifs is 2. The highest BCUT2D eigenvalue weighted by molar-refractivity contribution is 5.94. The van der Waals surface area contributed by atoms with Crippen LogP contribution in [0.25, 0.3) is 33.5 Å². The SMILES string of the molecule is O=c1[nH]c2nc(-c3cccc4ncccc34)c([C@H](CO)c3ccccc3)nc2[nH]1. The number of aromatic amines is 2. The van der Waals surface area contributed by atoms with Crippen LogP contribution in [-0.2, 0) is 0 Å². The number of hydrogen-bond acceptors (Lipinski definition) is 5. The molecular formula is C22H17N5O2. The number of aliphatic hydroxyl groups is 1. The van der Waals surface area contributed by atoms with Gasteiger partial charge in [0.05, 0.1) is 29.4 Å². The quantitative estimate of drug-likeness (QED) is 0.442. The van der Waals surface area contributed by atoms with Crippen LogP contribution in [-0.4, -0.2) is 36.6 Å². The van der Waals surface area contributed by atoms with Crippen molar-refractivity contribution < 1.29 is 5.11 Å². The molecule has 5 aromatic rings. The van der Waals surface area contributed by atoms with Crippen LogP contribution in [0.3, 0.4) is 0 Å². The Morgan fingerprint density at radius 1 is 0.897 bits per heavy atom. The lowest BCUT2D eigenvalue weighted by Crippen LogP contribution is -2.11. The molecule has 0 spiro atoms. The van der Waals surface area contributed by atoms with Gasteiger partial charge in [0, 0.05) is 17.1 Å². The van der Waals surface area contributed by atoms with Crippen LogP contribution in [0.4, 0.5) is 0 Å². The second-order valence-electron chi connectivity index (χ2n) is 6.76. The van der Waals surface area contributed by atoms with Crippen LogP contribution in [0.1, 0.15) is 17.2 Å². The number of pyridine rings is 1. The fourth-order valence-electron chi connectivity index (χ4n) is 3.66. The van der Waals surface area contributed by atoms with E-state index < -0.39 is 5.92 Å². The smallest absolute Gasteiger partial charge is 0.326 e. The average Bonchev–Trinajstić information content (AvgIpc) is 3.13. The number of benzene rings is 2. The van der Waals surface area contributed by atoms with Crippen molar-refractivity contribution in [3.8, 4) is 11.3 Å². The number of H-pyrrole nitrogens is 2. The van der Waals surface area contributed by atoms with Gasteiger partial charge >= 0.3 is 5.69 Å². The maximum Gasteiger partial charge on any atom is 0.326 e. The topological polar surface area (TPSA) is 108 Å². The Morgan fingerprint density at radius 2 is 1.69 bits per heavy atom. The lowest BCUT2D eigenvalue weighted by atomic mass is 9.92. The van der Waals surface area contributed by atoms with Gasteiger partial charge in [0.15, 0.2) is 11.3 Å². The van der Waals surface area contributed by atoms with Crippen molar-refractivity contribution in [1.82, 2.24) is 24.9 Å². The molecule has 0 amide bonds. The monoisotopic (exact) mass is 383 g/mol. The number of aliphatic hydroxyl groups excluding tert-OH is 1. The van der Waals surface area contributed by atoms with E-state index in [1.807, 2.05) is 60.7 Å². The molecule has 142 valence electrons. The molecule has 0 radical (unpaired) electrons. The molecule has 0 saturated carbocycles. The second-order valence-corrected chi connectivity index (χ2v) is 6.76. The normalized spacial score (nSPS) is 12.4. The van der Waals surface area contributed by atoms with Gasteiger partial charge in [-0.1, -0.05) is 48.5 Å². The Morgan fingerprint density at radius 3 is 2.48 bits per heavy atom. The Hall–Kier alpha value is -3.84. The fraction of sp³-hybridized carbons (Fsp3) is 0.0909. The van der Waals surface area contributed by atoms with Crippen molar-refractivity contribution in [3.63, 3.8) is 0 Å². The highest BCUT2D eigenvalue weighted by Gasteiger charge is 2.23. The average molecular weight is 383 g/mol. The third-order valence-electron chi connectivity index (χ3n) is 5.00. The predicted molar refractivity (Wildman–Crippen MR) is 111 cm³/mol. The molecule has 2 aromatic carbocycles. The molecule has 3 aromatic heterocycles. The van der Waals surface area contributed by atoms with Crippen molar-refractivity contribution in [3.05, 3.63) is 88.6 Å². The van der Waals surface area contributed by atoms with Gasteiger partial charge in [-0.3, -0.25) is 15.0 Å². The first-order valence-corrected chi connectivity index (χ1v) is 9.24. The van der Waals surface area contributed by atoms with Crippen LogP contribution < -0.4 is 5.69 Å². The summed E-state index contributed by atoms with van der Waals surface area (Å²) in [6.45, 7) is -0.144. The predicted octanol–water partition coefficient (Wildman–Crippen LogP) is 2.99. The van der Waals surface area contributed by atoms with Gasteiger partial charge in [-0.05, 0) is 17.7 Å². The highest BCUT2D eigenvalue weighted by atomic mass is 16.3. The second kappa shape index (κ2) is 6.96. The zero-order valence-corrected chi connectivity index (χ0v) is 15.3. The molecule has 0 aliphatic carbocycles. The maximum atomic E-state index is 11.8. The Kier molecular flexibility index (Phi) is 4.14. The van der Waals surface area contributed by atoms with Crippen molar-refractivity contribution in [2.75, 3.05) is 6.61 Å². The highest BCUT2D eigenvalue weighted by Crippen LogP contribution is 2.34. The number of hydrogen-bond donors (Lipinski definition) is 3. The van der Waals surface area contributed by atoms with E-state index in [1.165, 1.54) is 0 Å². The summed E-state index contributed by atoms with van der Waals surface area (Å²) in [6.07, 6.45) is 1.74. The van der Waals surface area contributed by atoms with Gasteiger partial charge < -0.3 is 5.11 Å². The minimum absolute atomic E-state index is 0.144. The van der Waals surface area contributed by atoms with Crippen molar-refractivity contribution in [2.24, 2.45) is 0 Å². The standard InChI is InChI=1S/C22H17N5O2/c28-12-16(13-6-2-1-3-7-13)19-18(24-20-21(25-19)27-22(29)26-20)15-8-4-10-17-14(15)9-5-11-23-17/h1-11,16,28H,12H2,(H2,24,25,26,27,29)/t16-/m1/s1. The van der Waals surface area contributed by atoms with Crippen molar-refractivity contribution in [2.45, 2.75) is 5.92 Å². The number of rotatable bonds is 4. The zero-order valence-electron chi connectivity index (χ0n) is 15.3. The summed E-state index contributed by atoms with van der Waals surface area (Å²) in [5.74, 6) is -0.395. The molecule has 0 aliphatic rings. The molecule has 3 N–H and O–H groups in total. The molecule has 0 bridgehead atoms. The summed E-state index contributed by atoms with van der Waals surface area (Å²) in [6, 6.07) is 19.3. The summed E-state index contributed by atoms with van der Waals surface area (Å²) in [7, 11) is 0. The van der Waals surface area contributed by atoms with Crippen molar-refractivity contribution >= 4 is 22.2 Å². The Balaban J connectivity index is 1.84. The van der Waals surface area contributed by atoms with Crippen LogP contribution >= 0.6 is 0 Å². The first kappa shape index (κ1) is 17.3. The fourth-order valence-corrected chi connectivity index (χ4v) is 3.66. The lowest BCUT2D eigenvalue weighted by molar-refractivity contribution is 0.279. The van der Waals surface area contributed by atoms with E-state index in [9.17, 15) is 9.90 Å². The Bertz CT molecular complexity index is 1370. The minimum Gasteiger partial charge on any atom is -0.395 e. The molecular weight excluding hydrogens is 366 g/mol. The summed E-state index contributed by atoms with van der Waals surface area (Å²) >= 11 is 0. The summed E-state index contributed by atoms with van der Waals surface area (Å²) in [5, 5.41) is 11.2. The van der Waals surface area contributed by atoms with E-state index in [0.29, 0.717) is 22.7 Å². The van der Waals surface area contributed by atoms with E-state index in [2.05, 4.69) is 15.0 Å². The largest absolute Gasteiger partial charge is 0.395 e. The first-order valence-electron chi connectivity index (χ1n) is 9.24. The van der Waals surface area contributed by atoms with Crippen LogP contribution in [0.5, 0.6) is 0 Å². The summed E-state index contributed by atoms with van der Waals surface area (Å²) in [4.78, 5) is 31.0. The molecule has 3 heterocycles. The molecule has 0 aliphatic heterocycles. The van der Waals surface area contributed by atoms with Gasteiger partial charge in [-0.15, -0.1) is 0 Å². The van der Waals surface area contributed by atoms with E-state index in [0.717, 1.165) is 22.0 Å². The molecule has 5 rings (SSSR count). The van der Waals surface area contributed by atoms with Crippen LogP contribution in [0, 0.1) is 0 Å². The van der Waals surface area contributed by atoms with Gasteiger partial charge in [0.1, 0.15) is 0 Å². The molecule has 0 unspecified atom stereocenters. The number of nitrogens with one attached hydrogen (secondary N) is 2. The molecule has 0 fully saturated rings. The summed E-state index contributed by atoms with van der Waals surface area (Å²) < 4.78 is 0. The van der Waals surface area contributed by atoms with E-state index >= 15 is 0 Å². The minimum atomic E-state index is -0.395. The van der Waals surface area contributed by atoms with E-state index in [4.69, 9.17) is 9.97 Å². The van der Waals surface area contributed by atoms with Gasteiger partial charge in [-0.2, -0.15) is 0 Å². The molecule has 7 heteroatoms. The number of aromatic nitrogens is 5. The third kappa shape index (κ3) is 2.97. The molecule has 1 atom stereocenters. The lowest BCUT2D eigenvalue weighted by Gasteiger charge is -2.18. The first-order chi connectivity index (χ1) is 14.2.